The summed E-state index contributed by atoms with van der Waals surface area (Å²) in [5.41, 5.74) is 16.4. The van der Waals surface area contributed by atoms with E-state index in [1.54, 1.807) is 0 Å². The second-order valence-electron chi connectivity index (χ2n) is 15.3. The first-order chi connectivity index (χ1) is 29.8. The van der Waals surface area contributed by atoms with Crippen molar-refractivity contribution in [3.63, 3.8) is 0 Å². The van der Waals surface area contributed by atoms with Gasteiger partial charge in [0.1, 0.15) is 0 Å². The van der Waals surface area contributed by atoms with Gasteiger partial charge in [0.2, 0.25) is 0 Å². The summed E-state index contributed by atoms with van der Waals surface area (Å²) >= 11 is 0. The van der Waals surface area contributed by atoms with Crippen LogP contribution in [-0.4, -0.2) is 4.57 Å². The number of rotatable bonds is 8. The number of hydrogen-bond donors (Lipinski definition) is 0. The normalized spacial score (nSPS) is 11.3. The first kappa shape index (κ1) is 35.2. The first-order valence-electron chi connectivity index (χ1n) is 20.6. The maximum Gasteiger partial charge on any atom is 0.0625 e. The highest BCUT2D eigenvalue weighted by molar-refractivity contribution is 6.24. The average molecular weight is 765 g/mol. The van der Waals surface area contributed by atoms with Crippen molar-refractivity contribution >= 4 is 49.6 Å². The molecule has 11 aromatic rings. The van der Waals surface area contributed by atoms with E-state index in [2.05, 4.69) is 252 Å². The van der Waals surface area contributed by atoms with Gasteiger partial charge in [0.15, 0.2) is 0 Å². The largest absolute Gasteiger partial charge is 0.310 e. The van der Waals surface area contributed by atoms with E-state index < -0.39 is 0 Å². The zero-order chi connectivity index (χ0) is 39.8. The van der Waals surface area contributed by atoms with Gasteiger partial charge in [-0.2, -0.15) is 0 Å². The van der Waals surface area contributed by atoms with Crippen LogP contribution in [-0.2, 0) is 0 Å². The minimum atomic E-state index is 1.09. The van der Waals surface area contributed by atoms with E-state index in [-0.39, 0.29) is 0 Å². The van der Waals surface area contributed by atoms with Crippen molar-refractivity contribution in [1.82, 2.24) is 4.57 Å². The van der Waals surface area contributed by atoms with Gasteiger partial charge in [-0.05, 0) is 98.9 Å². The van der Waals surface area contributed by atoms with Crippen LogP contribution in [0.4, 0.5) is 17.1 Å². The van der Waals surface area contributed by atoms with Gasteiger partial charge < -0.3 is 9.47 Å². The van der Waals surface area contributed by atoms with Crippen molar-refractivity contribution in [1.29, 1.82) is 0 Å². The molecule has 1 aromatic heterocycles. The Balaban J connectivity index is 1.09. The van der Waals surface area contributed by atoms with Crippen molar-refractivity contribution in [2.75, 3.05) is 4.90 Å². The molecule has 0 fully saturated rings. The van der Waals surface area contributed by atoms with Gasteiger partial charge in [0.25, 0.3) is 0 Å². The highest BCUT2D eigenvalue weighted by atomic mass is 15.1. The molecule has 0 aliphatic carbocycles. The van der Waals surface area contributed by atoms with E-state index in [1.807, 2.05) is 0 Å². The van der Waals surface area contributed by atoms with Gasteiger partial charge in [-0.1, -0.05) is 188 Å². The SMILES string of the molecule is c1ccc(-c2ccc(-c3ccc(N(c4cccc(-c5cc6ccccc6c6c5c5ccccc5n6-c5ccccc5)c4)c4ccccc4-c4ccccc4)cc3)cc2)cc1. The van der Waals surface area contributed by atoms with Crippen molar-refractivity contribution in [3.05, 3.63) is 243 Å². The third-order valence-electron chi connectivity index (χ3n) is 11.8. The van der Waals surface area contributed by atoms with Gasteiger partial charge >= 0.3 is 0 Å². The first-order valence-corrected chi connectivity index (χ1v) is 20.6. The average Bonchev–Trinajstić information content (AvgIpc) is 3.68. The lowest BCUT2D eigenvalue weighted by Gasteiger charge is -2.28. The van der Waals surface area contributed by atoms with Crippen molar-refractivity contribution in [2.24, 2.45) is 0 Å². The molecule has 0 radical (unpaired) electrons. The van der Waals surface area contributed by atoms with Gasteiger partial charge in [-0.15, -0.1) is 0 Å². The third-order valence-corrected chi connectivity index (χ3v) is 11.8. The molecule has 0 saturated heterocycles. The molecule has 0 amide bonds. The zero-order valence-electron chi connectivity index (χ0n) is 33.0. The molecular formula is C58H40N2. The maximum absolute atomic E-state index is 2.44. The van der Waals surface area contributed by atoms with Crippen LogP contribution in [0.25, 0.3) is 82.8 Å². The monoisotopic (exact) mass is 764 g/mol. The number of para-hydroxylation sites is 3. The fourth-order valence-electron chi connectivity index (χ4n) is 8.97. The number of aromatic nitrogens is 1. The van der Waals surface area contributed by atoms with E-state index in [0.29, 0.717) is 0 Å². The molecule has 0 aliphatic rings. The summed E-state index contributed by atoms with van der Waals surface area (Å²) in [6.45, 7) is 0. The van der Waals surface area contributed by atoms with E-state index >= 15 is 0 Å². The van der Waals surface area contributed by atoms with Gasteiger partial charge in [0.05, 0.1) is 16.7 Å². The summed E-state index contributed by atoms with van der Waals surface area (Å²) in [5.74, 6) is 0. The Morgan fingerprint density at radius 3 is 1.57 bits per heavy atom. The Labute approximate surface area is 350 Å². The molecule has 0 unspecified atom stereocenters. The highest BCUT2D eigenvalue weighted by Crippen LogP contribution is 2.46. The number of fused-ring (bicyclic) bond motifs is 5. The van der Waals surface area contributed by atoms with Crippen LogP contribution >= 0.6 is 0 Å². The predicted octanol–water partition coefficient (Wildman–Crippen LogP) is 16.1. The summed E-state index contributed by atoms with van der Waals surface area (Å²) in [4.78, 5) is 2.42. The Morgan fingerprint density at radius 1 is 0.317 bits per heavy atom. The Morgan fingerprint density at radius 2 is 0.850 bits per heavy atom. The Kier molecular flexibility index (Phi) is 8.87. The van der Waals surface area contributed by atoms with Gasteiger partial charge in [0, 0.05) is 38.8 Å². The topological polar surface area (TPSA) is 8.17 Å². The molecule has 10 aromatic carbocycles. The van der Waals surface area contributed by atoms with E-state index in [1.165, 1.54) is 71.5 Å². The predicted molar refractivity (Wildman–Crippen MR) is 255 cm³/mol. The molecule has 2 heteroatoms. The lowest BCUT2D eigenvalue weighted by Crippen LogP contribution is -2.11. The Bertz CT molecular complexity index is 3270. The minimum absolute atomic E-state index is 1.09. The lowest BCUT2D eigenvalue weighted by molar-refractivity contribution is 1.19. The minimum Gasteiger partial charge on any atom is -0.310 e. The summed E-state index contributed by atoms with van der Waals surface area (Å²) < 4.78 is 2.44. The number of benzene rings is 10. The second kappa shape index (κ2) is 15.1. The second-order valence-corrected chi connectivity index (χ2v) is 15.3. The van der Waals surface area contributed by atoms with Crippen LogP contribution in [0, 0.1) is 0 Å². The van der Waals surface area contributed by atoms with Gasteiger partial charge in [-0.25, -0.2) is 0 Å². The van der Waals surface area contributed by atoms with Gasteiger partial charge in [-0.3, -0.25) is 0 Å². The molecule has 1 heterocycles. The standard InChI is InChI=1S/C58H40N2/c1-4-17-41(18-5-1)42-31-33-43(34-32-42)44-35-37-49(38-36-44)59(55-29-14-12-26-51(55)45-19-6-2-7-20-45)50-25-16-22-46(39-50)54-40-47-21-10-11-27-52(47)58-57(54)53-28-13-15-30-56(53)60(58)48-23-8-3-9-24-48/h1-40H. The van der Waals surface area contributed by atoms with Crippen LogP contribution in [0.2, 0.25) is 0 Å². The zero-order valence-corrected chi connectivity index (χ0v) is 33.0. The Hall–Kier alpha value is -7.94. The molecule has 0 N–H and O–H groups in total. The molecule has 0 spiro atoms. The summed E-state index contributed by atoms with van der Waals surface area (Å²) in [6, 6.07) is 87.8. The molecule has 0 bridgehead atoms. The number of nitrogens with zero attached hydrogens (tertiary/aromatic N) is 2. The molecule has 0 saturated carbocycles. The van der Waals surface area contributed by atoms with Crippen LogP contribution in [0.3, 0.4) is 0 Å². The number of hydrogen-bond acceptors (Lipinski definition) is 1. The van der Waals surface area contributed by atoms with Crippen molar-refractivity contribution < 1.29 is 0 Å². The number of anilines is 3. The van der Waals surface area contributed by atoms with Crippen molar-refractivity contribution in [3.8, 4) is 50.2 Å². The van der Waals surface area contributed by atoms with Crippen LogP contribution in [0.1, 0.15) is 0 Å². The van der Waals surface area contributed by atoms with Crippen LogP contribution in [0.5, 0.6) is 0 Å². The fourth-order valence-corrected chi connectivity index (χ4v) is 8.97. The fraction of sp³-hybridized carbons (Fsp3) is 0. The summed E-state index contributed by atoms with van der Waals surface area (Å²) in [5, 5.41) is 4.94. The smallest absolute Gasteiger partial charge is 0.0625 e. The molecule has 0 atom stereocenters. The van der Waals surface area contributed by atoms with Crippen molar-refractivity contribution in [2.45, 2.75) is 0 Å². The molecular weight excluding hydrogens is 725 g/mol. The molecule has 0 aliphatic heterocycles. The molecule has 2 nitrogen and oxygen atoms in total. The van der Waals surface area contributed by atoms with Crippen LogP contribution < -0.4 is 4.90 Å². The third kappa shape index (κ3) is 6.23. The quantitative estimate of drug-likeness (QED) is 0.150. The van der Waals surface area contributed by atoms with E-state index in [4.69, 9.17) is 0 Å². The van der Waals surface area contributed by atoms with E-state index in [0.717, 1.165) is 28.3 Å². The molecule has 60 heavy (non-hydrogen) atoms. The molecule has 282 valence electrons. The summed E-state index contributed by atoms with van der Waals surface area (Å²) in [6.07, 6.45) is 0. The maximum atomic E-state index is 2.44. The molecule has 11 rings (SSSR count). The van der Waals surface area contributed by atoms with Crippen LogP contribution in [0.15, 0.2) is 243 Å². The summed E-state index contributed by atoms with van der Waals surface area (Å²) in [7, 11) is 0. The highest BCUT2D eigenvalue weighted by Gasteiger charge is 2.22. The van der Waals surface area contributed by atoms with E-state index in [9.17, 15) is 0 Å². The lowest BCUT2D eigenvalue weighted by atomic mass is 9.94.